The third kappa shape index (κ3) is 4.83. The lowest BCUT2D eigenvalue weighted by Crippen LogP contribution is -2.38. The smallest absolute Gasteiger partial charge is 0.283 e. The van der Waals surface area contributed by atoms with E-state index in [1.807, 2.05) is 73.0 Å². The van der Waals surface area contributed by atoms with Crippen LogP contribution >= 0.6 is 11.8 Å². The summed E-state index contributed by atoms with van der Waals surface area (Å²) >= 11 is 1.35. The van der Waals surface area contributed by atoms with Crippen LogP contribution in [0.1, 0.15) is 29.2 Å². The molecule has 7 heteroatoms. The molecule has 2 aliphatic heterocycles. The fraction of sp³-hybridized carbons (Fsp3) is 0.138. The van der Waals surface area contributed by atoms with Gasteiger partial charge < -0.3 is 9.47 Å². The minimum atomic E-state index is -0.431. The summed E-state index contributed by atoms with van der Waals surface area (Å²) in [5, 5.41) is 11.3. The third-order valence-electron chi connectivity index (χ3n) is 5.78. The van der Waals surface area contributed by atoms with E-state index in [0.717, 1.165) is 22.4 Å². The van der Waals surface area contributed by atoms with Crippen LogP contribution in [-0.4, -0.2) is 28.4 Å². The third-order valence-corrected chi connectivity index (χ3v) is 6.60. The Morgan fingerprint density at radius 2 is 1.78 bits per heavy atom. The van der Waals surface area contributed by atoms with Crippen LogP contribution in [0.3, 0.4) is 0 Å². The zero-order valence-corrected chi connectivity index (χ0v) is 20.8. The van der Waals surface area contributed by atoms with Gasteiger partial charge in [-0.1, -0.05) is 78.0 Å². The number of fused-ring (bicyclic) bond motifs is 1. The Labute approximate surface area is 214 Å². The molecular formula is C29H25N3O3S. The number of rotatable bonds is 7. The fourth-order valence-corrected chi connectivity index (χ4v) is 4.82. The van der Waals surface area contributed by atoms with Crippen LogP contribution in [0.4, 0.5) is 0 Å². The van der Waals surface area contributed by atoms with Gasteiger partial charge in [0.15, 0.2) is 16.7 Å². The predicted octanol–water partition coefficient (Wildman–Crippen LogP) is 6.28. The topological polar surface area (TPSA) is 75.0 Å². The molecule has 2 aliphatic rings. The van der Waals surface area contributed by atoms with Crippen molar-refractivity contribution in [1.29, 1.82) is 5.41 Å². The van der Waals surface area contributed by atoms with E-state index in [1.54, 1.807) is 11.0 Å². The predicted molar refractivity (Wildman–Crippen MR) is 145 cm³/mol. The molecule has 0 saturated carbocycles. The second-order valence-electron chi connectivity index (χ2n) is 8.34. The SMILES string of the molecule is CCOc1cc(/C=C2\C(=N)N3C(c4ccccc4)=CSC3=NC2=O)ccc1OCc1ccc(C)cc1. The lowest BCUT2D eigenvalue weighted by Gasteiger charge is -2.27. The van der Waals surface area contributed by atoms with Crippen LogP contribution in [0.2, 0.25) is 0 Å². The van der Waals surface area contributed by atoms with Crippen molar-refractivity contribution >= 4 is 40.4 Å². The van der Waals surface area contributed by atoms with Gasteiger partial charge >= 0.3 is 0 Å². The molecule has 6 nitrogen and oxygen atoms in total. The van der Waals surface area contributed by atoms with Gasteiger partial charge in [-0.3, -0.25) is 15.1 Å². The molecule has 0 fully saturated rings. The molecule has 0 atom stereocenters. The molecule has 0 saturated heterocycles. The molecule has 0 radical (unpaired) electrons. The number of aliphatic imine (C=N–C) groups is 1. The first-order valence-corrected chi connectivity index (χ1v) is 12.5. The molecular weight excluding hydrogens is 470 g/mol. The van der Waals surface area contributed by atoms with Crippen LogP contribution in [0, 0.1) is 12.3 Å². The van der Waals surface area contributed by atoms with Gasteiger partial charge in [0, 0.05) is 5.41 Å². The molecule has 2 heterocycles. The maximum absolute atomic E-state index is 12.8. The Balaban J connectivity index is 1.41. The Kier molecular flexibility index (Phi) is 6.73. The van der Waals surface area contributed by atoms with E-state index >= 15 is 0 Å². The first-order chi connectivity index (χ1) is 17.5. The Morgan fingerprint density at radius 3 is 2.53 bits per heavy atom. The quantitative estimate of drug-likeness (QED) is 0.391. The lowest BCUT2D eigenvalue weighted by molar-refractivity contribution is -0.114. The van der Waals surface area contributed by atoms with Gasteiger partial charge in [-0.15, -0.1) is 0 Å². The second kappa shape index (κ2) is 10.3. The molecule has 0 unspecified atom stereocenters. The molecule has 36 heavy (non-hydrogen) atoms. The van der Waals surface area contributed by atoms with Gasteiger partial charge in [-0.05, 0) is 48.7 Å². The van der Waals surface area contributed by atoms with Crippen molar-refractivity contribution in [2.24, 2.45) is 4.99 Å². The van der Waals surface area contributed by atoms with Crippen LogP contribution in [0.5, 0.6) is 11.5 Å². The lowest BCUT2D eigenvalue weighted by atomic mass is 10.1. The van der Waals surface area contributed by atoms with E-state index in [4.69, 9.17) is 14.9 Å². The number of nitrogens with zero attached hydrogens (tertiary/aromatic N) is 2. The van der Waals surface area contributed by atoms with Gasteiger partial charge in [0.2, 0.25) is 0 Å². The van der Waals surface area contributed by atoms with Crippen molar-refractivity contribution in [2.45, 2.75) is 20.5 Å². The van der Waals surface area contributed by atoms with E-state index < -0.39 is 5.91 Å². The van der Waals surface area contributed by atoms with Crippen LogP contribution < -0.4 is 9.47 Å². The average Bonchev–Trinajstić information content (AvgIpc) is 3.31. The van der Waals surface area contributed by atoms with E-state index in [9.17, 15) is 4.79 Å². The number of benzene rings is 3. The van der Waals surface area contributed by atoms with Crippen molar-refractivity contribution in [1.82, 2.24) is 4.90 Å². The zero-order chi connectivity index (χ0) is 25.1. The van der Waals surface area contributed by atoms with Gasteiger partial charge in [0.1, 0.15) is 12.4 Å². The molecule has 3 aromatic carbocycles. The van der Waals surface area contributed by atoms with Crippen molar-refractivity contribution in [3.63, 3.8) is 0 Å². The van der Waals surface area contributed by atoms with E-state index in [1.165, 1.54) is 17.3 Å². The number of ether oxygens (including phenoxy) is 2. The molecule has 0 aromatic heterocycles. The minimum absolute atomic E-state index is 0.0998. The number of carbonyl (C=O) groups excluding carboxylic acids is 1. The summed E-state index contributed by atoms with van der Waals surface area (Å²) in [6.07, 6.45) is 1.68. The second-order valence-corrected chi connectivity index (χ2v) is 9.18. The van der Waals surface area contributed by atoms with Crippen LogP contribution in [0.25, 0.3) is 11.8 Å². The molecule has 180 valence electrons. The Hall–Kier alpha value is -4.10. The number of hydrogen-bond acceptors (Lipinski definition) is 5. The van der Waals surface area contributed by atoms with Gasteiger partial charge in [-0.25, -0.2) is 0 Å². The maximum Gasteiger partial charge on any atom is 0.283 e. The van der Waals surface area contributed by atoms with Crippen molar-refractivity contribution in [3.05, 3.63) is 106 Å². The monoisotopic (exact) mass is 495 g/mol. The largest absolute Gasteiger partial charge is 0.490 e. The van der Waals surface area contributed by atoms with Crippen LogP contribution in [0.15, 0.2) is 88.8 Å². The first kappa shape index (κ1) is 23.6. The fourth-order valence-electron chi connectivity index (χ4n) is 3.93. The normalized spacial score (nSPS) is 16.1. The van der Waals surface area contributed by atoms with Crippen molar-refractivity contribution in [3.8, 4) is 11.5 Å². The molecule has 0 spiro atoms. The average molecular weight is 496 g/mol. The summed E-state index contributed by atoms with van der Waals surface area (Å²) in [7, 11) is 0. The number of nitrogens with one attached hydrogen (secondary N) is 1. The molecule has 1 amide bonds. The number of amidine groups is 2. The summed E-state index contributed by atoms with van der Waals surface area (Å²) in [5.74, 6) is 0.872. The minimum Gasteiger partial charge on any atom is -0.490 e. The van der Waals surface area contributed by atoms with Crippen molar-refractivity contribution < 1.29 is 14.3 Å². The van der Waals surface area contributed by atoms with Gasteiger partial charge in [-0.2, -0.15) is 4.99 Å². The van der Waals surface area contributed by atoms with E-state index in [0.29, 0.717) is 29.9 Å². The van der Waals surface area contributed by atoms with Crippen molar-refractivity contribution in [2.75, 3.05) is 6.61 Å². The number of amides is 1. The maximum atomic E-state index is 12.8. The molecule has 1 N–H and O–H groups in total. The standard InChI is InChI=1S/C29H25N3O3S/c1-3-34-26-16-21(13-14-25(26)35-17-20-11-9-19(2)10-12-20)15-23-27(30)32-24(22-7-5-4-6-8-22)18-36-29(32)31-28(23)33/h4-16,18,30H,3,17H2,1-2H3/b23-15+,30-27?. The molecule has 5 rings (SSSR count). The number of aryl methyl sites for hydroxylation is 1. The Morgan fingerprint density at radius 1 is 1.00 bits per heavy atom. The Bertz CT molecular complexity index is 1410. The summed E-state index contributed by atoms with van der Waals surface area (Å²) in [6.45, 7) is 4.85. The molecule has 0 aliphatic carbocycles. The van der Waals surface area contributed by atoms with Gasteiger partial charge in [0.05, 0.1) is 17.9 Å². The number of carbonyl (C=O) groups is 1. The summed E-state index contributed by atoms with van der Waals surface area (Å²) in [6, 6.07) is 23.5. The summed E-state index contributed by atoms with van der Waals surface area (Å²) in [4.78, 5) is 18.8. The van der Waals surface area contributed by atoms with Crippen LogP contribution in [-0.2, 0) is 11.4 Å². The van der Waals surface area contributed by atoms with Gasteiger partial charge in [0.25, 0.3) is 5.91 Å². The number of hydrogen-bond donors (Lipinski definition) is 1. The molecule has 3 aromatic rings. The highest BCUT2D eigenvalue weighted by molar-refractivity contribution is 8.17. The highest BCUT2D eigenvalue weighted by Gasteiger charge is 2.36. The molecule has 0 bridgehead atoms. The van der Waals surface area contributed by atoms with E-state index in [2.05, 4.69) is 24.0 Å². The summed E-state index contributed by atoms with van der Waals surface area (Å²) in [5.41, 5.74) is 5.00. The zero-order valence-electron chi connectivity index (χ0n) is 20.0. The number of thioether (sulfide) groups is 1. The highest BCUT2D eigenvalue weighted by atomic mass is 32.2. The highest BCUT2D eigenvalue weighted by Crippen LogP contribution is 2.38. The first-order valence-electron chi connectivity index (χ1n) is 11.6. The summed E-state index contributed by atoms with van der Waals surface area (Å²) < 4.78 is 11.9. The van der Waals surface area contributed by atoms with E-state index in [-0.39, 0.29) is 11.4 Å².